The smallest absolute Gasteiger partial charge is 0.173 e. The van der Waals surface area contributed by atoms with Crippen LogP contribution in [0.2, 0.25) is 0 Å². The molecule has 96 valence electrons. The lowest BCUT2D eigenvalue weighted by Gasteiger charge is -2.13. The standard InChI is InChI=1S/C17H16O2/c1-12(13-6-3-2-4-7-13)16(18)15-9-5-8-14-10-11-19-17(14)15/h2-9,12H,10-11H2,1H3. The van der Waals surface area contributed by atoms with Gasteiger partial charge < -0.3 is 4.74 Å². The second kappa shape index (κ2) is 4.88. The highest BCUT2D eigenvalue weighted by molar-refractivity contribution is 6.03. The molecule has 1 unspecified atom stereocenters. The number of hydrogen-bond acceptors (Lipinski definition) is 2. The van der Waals surface area contributed by atoms with Crippen molar-refractivity contribution in [2.45, 2.75) is 19.3 Å². The number of rotatable bonds is 3. The molecule has 0 saturated heterocycles. The highest BCUT2D eigenvalue weighted by Gasteiger charge is 2.24. The van der Waals surface area contributed by atoms with Gasteiger partial charge in [-0.1, -0.05) is 49.4 Å². The van der Waals surface area contributed by atoms with Crippen LogP contribution in [0.4, 0.5) is 0 Å². The van der Waals surface area contributed by atoms with Crippen molar-refractivity contribution in [1.82, 2.24) is 0 Å². The number of Topliss-reactive ketones (excluding diaryl/α,β-unsaturated/α-hetero) is 1. The first-order valence-electron chi connectivity index (χ1n) is 6.61. The van der Waals surface area contributed by atoms with Crippen LogP contribution >= 0.6 is 0 Å². The van der Waals surface area contributed by atoms with Gasteiger partial charge in [-0.15, -0.1) is 0 Å². The molecule has 0 aliphatic carbocycles. The molecule has 19 heavy (non-hydrogen) atoms. The van der Waals surface area contributed by atoms with E-state index in [-0.39, 0.29) is 11.7 Å². The fourth-order valence-corrected chi connectivity index (χ4v) is 2.54. The van der Waals surface area contributed by atoms with E-state index in [0.29, 0.717) is 12.2 Å². The summed E-state index contributed by atoms with van der Waals surface area (Å²) in [5.74, 6) is 0.775. The van der Waals surface area contributed by atoms with Gasteiger partial charge in [-0.2, -0.15) is 0 Å². The van der Waals surface area contributed by atoms with Crippen molar-refractivity contribution >= 4 is 5.78 Å². The molecule has 0 radical (unpaired) electrons. The lowest BCUT2D eigenvalue weighted by atomic mass is 9.91. The van der Waals surface area contributed by atoms with Gasteiger partial charge in [0, 0.05) is 12.3 Å². The van der Waals surface area contributed by atoms with E-state index in [2.05, 4.69) is 0 Å². The van der Waals surface area contributed by atoms with E-state index in [1.807, 2.05) is 55.5 Å². The Balaban J connectivity index is 1.95. The fourth-order valence-electron chi connectivity index (χ4n) is 2.54. The van der Waals surface area contributed by atoms with E-state index in [1.165, 1.54) is 0 Å². The Morgan fingerprint density at radius 2 is 1.89 bits per heavy atom. The largest absolute Gasteiger partial charge is 0.492 e. The topological polar surface area (TPSA) is 26.3 Å². The van der Waals surface area contributed by atoms with Gasteiger partial charge in [-0.3, -0.25) is 4.79 Å². The Kier molecular flexibility index (Phi) is 3.08. The van der Waals surface area contributed by atoms with Gasteiger partial charge in [-0.25, -0.2) is 0 Å². The number of para-hydroxylation sites is 1. The van der Waals surface area contributed by atoms with Crippen molar-refractivity contribution < 1.29 is 9.53 Å². The number of carbonyl (C=O) groups is 1. The van der Waals surface area contributed by atoms with Crippen LogP contribution < -0.4 is 4.74 Å². The first-order chi connectivity index (χ1) is 9.27. The number of ketones is 1. The average molecular weight is 252 g/mol. The Labute approximate surface area is 113 Å². The van der Waals surface area contributed by atoms with Crippen LogP contribution in [-0.2, 0) is 6.42 Å². The second-order valence-electron chi connectivity index (χ2n) is 4.89. The SMILES string of the molecule is CC(C(=O)c1cccc2c1OCC2)c1ccccc1. The van der Waals surface area contributed by atoms with Gasteiger partial charge in [0.1, 0.15) is 5.75 Å². The zero-order valence-corrected chi connectivity index (χ0v) is 10.9. The molecule has 3 rings (SSSR count). The molecule has 2 aromatic rings. The van der Waals surface area contributed by atoms with Crippen molar-refractivity contribution in [1.29, 1.82) is 0 Å². The molecule has 1 heterocycles. The fraction of sp³-hybridized carbons (Fsp3) is 0.235. The van der Waals surface area contributed by atoms with Crippen LogP contribution in [-0.4, -0.2) is 12.4 Å². The number of ether oxygens (including phenoxy) is 1. The molecule has 0 saturated carbocycles. The summed E-state index contributed by atoms with van der Waals surface area (Å²) in [5, 5.41) is 0. The normalized spacial score (nSPS) is 14.6. The molecular weight excluding hydrogens is 236 g/mol. The van der Waals surface area contributed by atoms with E-state index in [4.69, 9.17) is 4.74 Å². The molecule has 0 spiro atoms. The Morgan fingerprint density at radius 3 is 2.68 bits per heavy atom. The summed E-state index contributed by atoms with van der Waals surface area (Å²) >= 11 is 0. The van der Waals surface area contributed by atoms with Crippen molar-refractivity contribution in [3.05, 3.63) is 65.2 Å². The van der Waals surface area contributed by atoms with Gasteiger partial charge in [0.25, 0.3) is 0 Å². The number of hydrogen-bond donors (Lipinski definition) is 0. The number of carbonyl (C=O) groups excluding carboxylic acids is 1. The molecule has 2 heteroatoms. The monoisotopic (exact) mass is 252 g/mol. The van der Waals surface area contributed by atoms with E-state index in [0.717, 1.165) is 23.3 Å². The predicted octanol–water partition coefficient (Wildman–Crippen LogP) is 3.61. The minimum Gasteiger partial charge on any atom is -0.492 e. The lowest BCUT2D eigenvalue weighted by molar-refractivity contribution is 0.0963. The maximum Gasteiger partial charge on any atom is 0.173 e. The van der Waals surface area contributed by atoms with Crippen molar-refractivity contribution in [3.8, 4) is 5.75 Å². The van der Waals surface area contributed by atoms with Gasteiger partial charge in [-0.05, 0) is 17.2 Å². The summed E-state index contributed by atoms with van der Waals surface area (Å²) < 4.78 is 5.62. The van der Waals surface area contributed by atoms with E-state index in [9.17, 15) is 4.79 Å². The van der Waals surface area contributed by atoms with Crippen LogP contribution in [0.3, 0.4) is 0 Å². The Morgan fingerprint density at radius 1 is 1.11 bits per heavy atom. The molecule has 0 amide bonds. The molecule has 1 atom stereocenters. The minimum absolute atomic E-state index is 0.130. The Hall–Kier alpha value is -2.09. The third-order valence-corrected chi connectivity index (χ3v) is 3.67. The molecule has 2 nitrogen and oxygen atoms in total. The van der Waals surface area contributed by atoms with Crippen LogP contribution in [0.5, 0.6) is 5.75 Å². The summed E-state index contributed by atoms with van der Waals surface area (Å²) in [4.78, 5) is 12.6. The minimum atomic E-state index is -0.142. The number of fused-ring (bicyclic) bond motifs is 1. The molecule has 0 fully saturated rings. The highest BCUT2D eigenvalue weighted by atomic mass is 16.5. The predicted molar refractivity (Wildman–Crippen MR) is 74.8 cm³/mol. The van der Waals surface area contributed by atoms with Gasteiger partial charge in [0.15, 0.2) is 5.78 Å². The summed E-state index contributed by atoms with van der Waals surface area (Å²) in [6.07, 6.45) is 0.899. The van der Waals surface area contributed by atoms with E-state index < -0.39 is 0 Å². The summed E-state index contributed by atoms with van der Waals surface area (Å²) in [7, 11) is 0. The first kappa shape index (κ1) is 12.0. The van der Waals surface area contributed by atoms with Crippen LogP contribution in [0.15, 0.2) is 48.5 Å². The van der Waals surface area contributed by atoms with Gasteiger partial charge in [0.2, 0.25) is 0 Å². The maximum absolute atomic E-state index is 12.6. The summed E-state index contributed by atoms with van der Waals surface area (Å²) in [6, 6.07) is 15.7. The Bertz CT molecular complexity index is 602. The van der Waals surface area contributed by atoms with E-state index in [1.54, 1.807) is 0 Å². The summed E-state index contributed by atoms with van der Waals surface area (Å²) in [6.45, 7) is 2.63. The molecule has 0 aromatic heterocycles. The molecule has 2 aromatic carbocycles. The van der Waals surface area contributed by atoms with Crippen molar-refractivity contribution in [2.24, 2.45) is 0 Å². The third kappa shape index (κ3) is 2.14. The molecule has 0 bridgehead atoms. The van der Waals surface area contributed by atoms with Crippen molar-refractivity contribution in [3.63, 3.8) is 0 Å². The average Bonchev–Trinajstić information content (AvgIpc) is 2.95. The van der Waals surface area contributed by atoms with Crippen LogP contribution in [0.25, 0.3) is 0 Å². The highest BCUT2D eigenvalue weighted by Crippen LogP contribution is 2.32. The van der Waals surface area contributed by atoms with Crippen LogP contribution in [0.1, 0.15) is 34.3 Å². The van der Waals surface area contributed by atoms with Gasteiger partial charge in [0.05, 0.1) is 12.2 Å². The zero-order valence-electron chi connectivity index (χ0n) is 10.9. The van der Waals surface area contributed by atoms with Crippen LogP contribution in [0, 0.1) is 0 Å². The van der Waals surface area contributed by atoms with Gasteiger partial charge >= 0.3 is 0 Å². The second-order valence-corrected chi connectivity index (χ2v) is 4.89. The first-order valence-corrected chi connectivity index (χ1v) is 6.61. The third-order valence-electron chi connectivity index (χ3n) is 3.67. The van der Waals surface area contributed by atoms with Crippen molar-refractivity contribution in [2.75, 3.05) is 6.61 Å². The summed E-state index contributed by atoms with van der Waals surface area (Å²) in [5.41, 5.74) is 2.90. The molecule has 1 aliphatic heterocycles. The quantitative estimate of drug-likeness (QED) is 0.780. The molecular formula is C17H16O2. The maximum atomic E-state index is 12.6. The number of benzene rings is 2. The molecule has 0 N–H and O–H groups in total. The zero-order chi connectivity index (χ0) is 13.2. The lowest BCUT2D eigenvalue weighted by Crippen LogP contribution is -2.10. The molecule has 1 aliphatic rings. The van der Waals surface area contributed by atoms with E-state index >= 15 is 0 Å².